The molecule has 0 amide bonds. The van der Waals surface area contributed by atoms with Crippen LogP contribution in [0.5, 0.6) is 0 Å². The van der Waals surface area contributed by atoms with Gasteiger partial charge in [0.25, 0.3) is 0 Å². The van der Waals surface area contributed by atoms with E-state index in [9.17, 15) is 17.9 Å². The maximum Gasteiger partial charge on any atom is 0.211 e. The van der Waals surface area contributed by atoms with E-state index in [1.165, 1.54) is 28.8 Å². The van der Waals surface area contributed by atoms with Gasteiger partial charge >= 0.3 is 0 Å². The number of hydrogen-bond acceptors (Lipinski definition) is 3. The van der Waals surface area contributed by atoms with Crippen LogP contribution in [0.3, 0.4) is 0 Å². The summed E-state index contributed by atoms with van der Waals surface area (Å²) in [6, 6.07) is 4.28. The Hall–Kier alpha value is -0.690. The lowest BCUT2D eigenvalue weighted by atomic mass is 9.91. The molecule has 1 heterocycles. The molecule has 2 unspecified atom stereocenters. The van der Waals surface area contributed by atoms with Crippen molar-refractivity contribution in [2.24, 2.45) is 5.92 Å². The van der Waals surface area contributed by atoms with Crippen molar-refractivity contribution in [3.63, 3.8) is 0 Å². The molecule has 1 aliphatic heterocycles. The fourth-order valence-corrected chi connectivity index (χ4v) is 4.01. The first kappa shape index (κ1) is 16.7. The first-order chi connectivity index (χ1) is 9.79. The fourth-order valence-electron chi connectivity index (χ4n) is 2.78. The van der Waals surface area contributed by atoms with Crippen molar-refractivity contribution in [2.75, 3.05) is 19.3 Å². The third-order valence-electron chi connectivity index (χ3n) is 3.84. The zero-order valence-electron chi connectivity index (χ0n) is 11.8. The summed E-state index contributed by atoms with van der Waals surface area (Å²) in [5.41, 5.74) is 0.0932. The van der Waals surface area contributed by atoms with Crippen molar-refractivity contribution in [2.45, 2.75) is 25.4 Å². The summed E-state index contributed by atoms with van der Waals surface area (Å²) in [6.07, 6.45) is 2.01. The molecule has 0 aliphatic carbocycles. The topological polar surface area (TPSA) is 57.6 Å². The fraction of sp³-hybridized carbons (Fsp3) is 0.571. The second-order valence-electron chi connectivity index (χ2n) is 5.52. The molecule has 1 fully saturated rings. The molecule has 4 nitrogen and oxygen atoms in total. The van der Waals surface area contributed by atoms with E-state index in [4.69, 9.17) is 11.6 Å². The second kappa shape index (κ2) is 6.60. The zero-order valence-corrected chi connectivity index (χ0v) is 13.4. The van der Waals surface area contributed by atoms with Crippen LogP contribution in [0.2, 0.25) is 5.02 Å². The predicted molar refractivity (Wildman–Crippen MR) is 80.1 cm³/mol. The van der Waals surface area contributed by atoms with E-state index in [2.05, 4.69) is 0 Å². The van der Waals surface area contributed by atoms with Gasteiger partial charge in [-0.05, 0) is 37.3 Å². The molecular weight excluding hydrogens is 317 g/mol. The monoisotopic (exact) mass is 335 g/mol. The Morgan fingerprint density at radius 2 is 2.24 bits per heavy atom. The van der Waals surface area contributed by atoms with Gasteiger partial charge in [-0.15, -0.1) is 0 Å². The largest absolute Gasteiger partial charge is 0.388 e. The third kappa shape index (κ3) is 4.16. The number of benzene rings is 1. The first-order valence-electron chi connectivity index (χ1n) is 6.86. The van der Waals surface area contributed by atoms with Gasteiger partial charge in [0, 0.05) is 23.7 Å². The number of nitrogens with zero attached hydrogens (tertiary/aromatic N) is 1. The SMILES string of the molecule is CS(=O)(=O)N1CCCC(CC(O)c2c(F)cccc2Cl)C1. The van der Waals surface area contributed by atoms with Crippen LogP contribution in [0, 0.1) is 11.7 Å². The van der Waals surface area contributed by atoms with Crippen molar-refractivity contribution in [3.05, 3.63) is 34.6 Å². The van der Waals surface area contributed by atoms with Crippen molar-refractivity contribution in [1.82, 2.24) is 4.31 Å². The molecule has 1 saturated heterocycles. The first-order valence-corrected chi connectivity index (χ1v) is 9.08. The molecule has 0 saturated carbocycles. The number of aliphatic hydroxyl groups excluding tert-OH is 1. The highest BCUT2D eigenvalue weighted by Crippen LogP contribution is 2.33. The smallest absolute Gasteiger partial charge is 0.211 e. The number of halogens is 2. The molecule has 0 bridgehead atoms. The number of rotatable bonds is 4. The van der Waals surface area contributed by atoms with Crippen LogP contribution in [0.25, 0.3) is 0 Å². The van der Waals surface area contributed by atoms with Crippen molar-refractivity contribution in [3.8, 4) is 0 Å². The lowest BCUT2D eigenvalue weighted by molar-refractivity contribution is 0.119. The summed E-state index contributed by atoms with van der Waals surface area (Å²) in [7, 11) is -3.22. The summed E-state index contributed by atoms with van der Waals surface area (Å²) >= 11 is 5.94. The van der Waals surface area contributed by atoms with Gasteiger partial charge in [-0.3, -0.25) is 0 Å². The molecule has 0 spiro atoms. The Kier molecular flexibility index (Phi) is 5.24. The third-order valence-corrected chi connectivity index (χ3v) is 5.44. The van der Waals surface area contributed by atoms with Gasteiger partial charge < -0.3 is 5.11 Å². The van der Waals surface area contributed by atoms with Gasteiger partial charge in [-0.2, -0.15) is 0 Å². The Bertz CT molecular complexity index is 588. The van der Waals surface area contributed by atoms with Gasteiger partial charge in [-0.25, -0.2) is 17.1 Å². The lowest BCUT2D eigenvalue weighted by Crippen LogP contribution is -2.39. The van der Waals surface area contributed by atoms with Crippen LogP contribution in [-0.2, 0) is 10.0 Å². The Balaban J connectivity index is 2.07. The summed E-state index contributed by atoms with van der Waals surface area (Å²) in [5, 5.41) is 10.4. The lowest BCUT2D eigenvalue weighted by Gasteiger charge is -2.32. The molecule has 118 valence electrons. The van der Waals surface area contributed by atoms with Crippen LogP contribution in [-0.4, -0.2) is 37.2 Å². The molecule has 1 aromatic carbocycles. The van der Waals surface area contributed by atoms with Crippen LogP contribution >= 0.6 is 11.6 Å². The van der Waals surface area contributed by atoms with Gasteiger partial charge in [0.1, 0.15) is 5.82 Å². The number of aliphatic hydroxyl groups is 1. The van der Waals surface area contributed by atoms with Gasteiger partial charge in [0.2, 0.25) is 10.0 Å². The molecule has 0 radical (unpaired) electrons. The Morgan fingerprint density at radius 1 is 1.52 bits per heavy atom. The minimum Gasteiger partial charge on any atom is -0.388 e. The minimum atomic E-state index is -3.22. The second-order valence-corrected chi connectivity index (χ2v) is 7.91. The van der Waals surface area contributed by atoms with E-state index >= 15 is 0 Å². The highest BCUT2D eigenvalue weighted by atomic mass is 35.5. The summed E-state index contributed by atoms with van der Waals surface area (Å²) < 4.78 is 38.3. The van der Waals surface area contributed by atoms with Crippen molar-refractivity contribution >= 4 is 21.6 Å². The van der Waals surface area contributed by atoms with E-state index in [-0.39, 0.29) is 16.5 Å². The maximum atomic E-state index is 13.8. The van der Waals surface area contributed by atoms with Crippen LogP contribution in [0.15, 0.2) is 18.2 Å². The van der Waals surface area contributed by atoms with E-state index in [0.717, 1.165) is 12.8 Å². The van der Waals surface area contributed by atoms with Gasteiger partial charge in [0.05, 0.1) is 12.4 Å². The number of hydrogen-bond donors (Lipinski definition) is 1. The van der Waals surface area contributed by atoms with Crippen LogP contribution in [0.1, 0.15) is 30.9 Å². The summed E-state index contributed by atoms with van der Waals surface area (Å²) in [6.45, 7) is 0.869. The molecule has 2 atom stereocenters. The maximum absolute atomic E-state index is 13.8. The quantitative estimate of drug-likeness (QED) is 0.920. The molecule has 2 rings (SSSR count). The molecule has 0 aromatic heterocycles. The normalized spacial score (nSPS) is 22.2. The summed E-state index contributed by atoms with van der Waals surface area (Å²) in [4.78, 5) is 0. The molecule has 1 N–H and O–H groups in total. The molecule has 7 heteroatoms. The van der Waals surface area contributed by atoms with Gasteiger partial charge in [-0.1, -0.05) is 17.7 Å². The standard InChI is InChI=1S/C14H19ClFNO3S/c1-21(19,20)17-7-3-4-10(9-17)8-13(18)14-11(15)5-2-6-12(14)16/h2,5-6,10,13,18H,3-4,7-9H2,1H3. The Labute approximate surface area is 129 Å². The van der Waals surface area contributed by atoms with Gasteiger partial charge in [0.15, 0.2) is 0 Å². The van der Waals surface area contributed by atoms with Crippen LogP contribution in [0.4, 0.5) is 4.39 Å². The molecule has 1 aliphatic rings. The minimum absolute atomic E-state index is 0.000789. The average molecular weight is 336 g/mol. The van der Waals surface area contributed by atoms with Crippen molar-refractivity contribution in [1.29, 1.82) is 0 Å². The Morgan fingerprint density at radius 3 is 2.86 bits per heavy atom. The van der Waals surface area contributed by atoms with E-state index < -0.39 is 21.9 Å². The number of piperidine rings is 1. The number of sulfonamides is 1. The van der Waals surface area contributed by atoms with Crippen molar-refractivity contribution < 1.29 is 17.9 Å². The molecule has 1 aromatic rings. The van der Waals surface area contributed by atoms with E-state index in [1.807, 2.05) is 0 Å². The molecular formula is C14H19ClFNO3S. The van der Waals surface area contributed by atoms with Crippen LogP contribution < -0.4 is 0 Å². The van der Waals surface area contributed by atoms with E-state index in [0.29, 0.717) is 19.5 Å². The predicted octanol–water partition coefficient (Wildman–Crippen LogP) is 2.57. The van der Waals surface area contributed by atoms with E-state index in [1.54, 1.807) is 0 Å². The summed E-state index contributed by atoms with van der Waals surface area (Å²) in [5.74, 6) is -0.537. The highest BCUT2D eigenvalue weighted by Gasteiger charge is 2.28. The highest BCUT2D eigenvalue weighted by molar-refractivity contribution is 7.88. The zero-order chi connectivity index (χ0) is 15.6. The molecule has 21 heavy (non-hydrogen) atoms. The average Bonchev–Trinajstić information content (AvgIpc) is 2.37.